The van der Waals surface area contributed by atoms with Crippen LogP contribution in [-0.4, -0.2) is 35.8 Å². The number of unbranched alkanes of at least 4 members (excludes halogenated alkanes) is 4. The molecule has 0 N–H and O–H groups in total. The van der Waals surface area contributed by atoms with E-state index in [9.17, 15) is 4.79 Å². The van der Waals surface area contributed by atoms with Gasteiger partial charge in [-0.25, -0.2) is 0 Å². The van der Waals surface area contributed by atoms with Gasteiger partial charge in [0.2, 0.25) is 0 Å². The Labute approximate surface area is 79.5 Å². The quantitative estimate of drug-likeness (QED) is 0.320. The average molecular weight is 137 g/mol. The van der Waals surface area contributed by atoms with E-state index in [0.717, 1.165) is 19.1 Å². The first kappa shape index (κ1) is 12.4. The minimum Gasteiger partial charge on any atom is -0.303 e. The molecule has 1 nitrogen and oxygen atoms in total. The molecule has 2 heteroatoms. The second-order valence-corrected chi connectivity index (χ2v) is 2.02. The molecule has 0 aromatic rings. The molecule has 0 heterocycles. The van der Waals surface area contributed by atoms with Crippen LogP contribution in [0.5, 0.6) is 0 Å². The van der Waals surface area contributed by atoms with Gasteiger partial charge in [-0.05, 0) is 6.42 Å². The molecule has 0 rings (SSSR count). The van der Waals surface area contributed by atoms with E-state index in [-0.39, 0.29) is 29.6 Å². The summed E-state index contributed by atoms with van der Waals surface area (Å²) in [4.78, 5) is 9.77. The third-order valence-electron chi connectivity index (χ3n) is 1.18. The van der Waals surface area contributed by atoms with E-state index >= 15 is 0 Å². The topological polar surface area (TPSA) is 17.1 Å². The van der Waals surface area contributed by atoms with Gasteiger partial charge in [0.1, 0.15) is 6.29 Å². The Bertz CT molecular complexity index is 54.9. The third-order valence-corrected chi connectivity index (χ3v) is 1.18. The van der Waals surface area contributed by atoms with Crippen molar-refractivity contribution in [3.05, 3.63) is 0 Å². The number of rotatable bonds is 5. The van der Waals surface area contributed by atoms with Gasteiger partial charge in [0.15, 0.2) is 0 Å². The molecule has 0 atom stereocenters. The zero-order valence-corrected chi connectivity index (χ0v) is 8.52. The van der Waals surface area contributed by atoms with Crippen LogP contribution in [0.4, 0.5) is 0 Å². The van der Waals surface area contributed by atoms with Crippen molar-refractivity contribution in [3.63, 3.8) is 0 Å². The molecule has 0 saturated carbocycles. The maximum absolute atomic E-state index is 9.77. The summed E-state index contributed by atoms with van der Waals surface area (Å²) in [6, 6.07) is 0. The van der Waals surface area contributed by atoms with Crippen molar-refractivity contribution >= 4 is 35.8 Å². The Kier molecular flexibility index (Phi) is 15.7. The third kappa shape index (κ3) is 12.0. The van der Waals surface area contributed by atoms with Crippen molar-refractivity contribution in [3.8, 4) is 0 Å². The molecule has 0 bridgehead atoms. The Morgan fingerprint density at radius 3 is 2.33 bits per heavy atom. The normalized spacial score (nSPS) is 8.11. The molecule has 0 aromatic carbocycles. The van der Waals surface area contributed by atoms with E-state index < -0.39 is 0 Å². The summed E-state index contributed by atoms with van der Waals surface area (Å²) >= 11 is 0. The molecule has 0 amide bonds. The van der Waals surface area contributed by atoms with Crippen LogP contribution in [0.2, 0.25) is 0 Å². The van der Waals surface area contributed by atoms with Gasteiger partial charge in [-0.2, -0.15) is 0 Å². The zero-order chi connectivity index (χ0) is 6.24. The first-order valence-electron chi connectivity index (χ1n) is 3.35. The molecule has 0 spiro atoms. The van der Waals surface area contributed by atoms with Gasteiger partial charge in [0.25, 0.3) is 0 Å². The van der Waals surface area contributed by atoms with Crippen LogP contribution in [0.25, 0.3) is 0 Å². The Hall–Kier alpha value is 0.670. The van der Waals surface area contributed by atoms with Crippen molar-refractivity contribution < 1.29 is 4.79 Å². The number of carbonyl (C=O) groups is 1. The summed E-state index contributed by atoms with van der Waals surface area (Å²) in [5.74, 6) is 0. The minimum absolute atomic E-state index is 0. The van der Waals surface area contributed by atoms with Crippen LogP contribution in [0.3, 0.4) is 0 Å². The summed E-state index contributed by atoms with van der Waals surface area (Å²) in [6.07, 6.45) is 6.56. The molecule has 1 radical (unpaired) electrons. The van der Waals surface area contributed by atoms with Crippen molar-refractivity contribution in [2.24, 2.45) is 0 Å². The van der Waals surface area contributed by atoms with Crippen LogP contribution < -0.4 is 0 Å². The van der Waals surface area contributed by atoms with Gasteiger partial charge in [-0.3, -0.25) is 0 Å². The molecule has 49 valence electrons. The average Bonchev–Trinajstić information content (AvgIpc) is 1.81. The molecule has 9 heavy (non-hydrogen) atoms. The van der Waals surface area contributed by atoms with Crippen molar-refractivity contribution in [2.45, 2.75) is 39.0 Å². The maximum Gasteiger partial charge on any atom is 0.119 e. The second kappa shape index (κ2) is 11.5. The second-order valence-electron chi connectivity index (χ2n) is 2.02. The summed E-state index contributed by atoms with van der Waals surface area (Å²) in [5, 5.41) is 0. The van der Waals surface area contributed by atoms with Crippen LogP contribution in [0.1, 0.15) is 39.0 Å². The van der Waals surface area contributed by atoms with Gasteiger partial charge in [-0.15, -0.1) is 0 Å². The molecule has 0 aliphatic carbocycles. The predicted octanol–water partition coefficient (Wildman–Crippen LogP) is 1.77. The van der Waals surface area contributed by atoms with Crippen LogP contribution in [-0.2, 0) is 4.79 Å². The SMILES string of the molecule is CCCCCCC=O.[Na]. The fraction of sp³-hybridized carbons (Fsp3) is 0.857. The van der Waals surface area contributed by atoms with Gasteiger partial charge >= 0.3 is 0 Å². The van der Waals surface area contributed by atoms with Gasteiger partial charge in [0.05, 0.1) is 0 Å². The summed E-state index contributed by atoms with van der Waals surface area (Å²) in [6.45, 7) is 2.17. The van der Waals surface area contributed by atoms with Crippen molar-refractivity contribution in [2.75, 3.05) is 0 Å². The van der Waals surface area contributed by atoms with Gasteiger partial charge in [-0.1, -0.05) is 26.2 Å². The number of hydrogen-bond acceptors (Lipinski definition) is 1. The minimum atomic E-state index is 0. The first-order chi connectivity index (χ1) is 3.91. The number of carbonyl (C=O) groups excluding carboxylic acids is 1. The fourth-order valence-electron chi connectivity index (χ4n) is 0.654. The molecular formula is C7H14NaO. The zero-order valence-electron chi connectivity index (χ0n) is 6.52. The monoisotopic (exact) mass is 137 g/mol. The summed E-state index contributed by atoms with van der Waals surface area (Å²) in [7, 11) is 0. The van der Waals surface area contributed by atoms with Crippen LogP contribution in [0.15, 0.2) is 0 Å². The molecule has 0 aliphatic rings. The molecule has 0 fully saturated rings. The largest absolute Gasteiger partial charge is 0.303 e. The van der Waals surface area contributed by atoms with E-state index in [0.29, 0.717) is 0 Å². The van der Waals surface area contributed by atoms with Crippen molar-refractivity contribution in [1.29, 1.82) is 0 Å². The molecule has 0 unspecified atom stereocenters. The fourth-order valence-corrected chi connectivity index (χ4v) is 0.654. The van der Waals surface area contributed by atoms with E-state index in [1.165, 1.54) is 19.3 Å². The number of aldehydes is 1. The van der Waals surface area contributed by atoms with Crippen LogP contribution >= 0.6 is 0 Å². The Balaban J connectivity index is 0. The summed E-state index contributed by atoms with van der Waals surface area (Å²) < 4.78 is 0. The van der Waals surface area contributed by atoms with E-state index in [1.807, 2.05) is 0 Å². The standard InChI is InChI=1S/C7H14O.Na/c1-2-3-4-5-6-7-8;/h7H,2-6H2,1H3;. The molecular weight excluding hydrogens is 123 g/mol. The Morgan fingerprint density at radius 2 is 1.89 bits per heavy atom. The Morgan fingerprint density at radius 1 is 1.22 bits per heavy atom. The maximum atomic E-state index is 9.77. The first-order valence-corrected chi connectivity index (χ1v) is 3.35. The predicted molar refractivity (Wildman–Crippen MR) is 40.6 cm³/mol. The van der Waals surface area contributed by atoms with Crippen LogP contribution in [0, 0.1) is 0 Å². The van der Waals surface area contributed by atoms with E-state index in [4.69, 9.17) is 0 Å². The molecule has 0 aliphatic heterocycles. The molecule has 0 aromatic heterocycles. The van der Waals surface area contributed by atoms with E-state index in [2.05, 4.69) is 6.92 Å². The van der Waals surface area contributed by atoms with E-state index in [1.54, 1.807) is 0 Å². The smallest absolute Gasteiger partial charge is 0.119 e. The van der Waals surface area contributed by atoms with Gasteiger partial charge < -0.3 is 4.79 Å². The van der Waals surface area contributed by atoms with Gasteiger partial charge in [0, 0.05) is 36.0 Å². The number of hydrogen-bond donors (Lipinski definition) is 0. The summed E-state index contributed by atoms with van der Waals surface area (Å²) in [5.41, 5.74) is 0. The molecule has 0 saturated heterocycles. The van der Waals surface area contributed by atoms with Crippen molar-refractivity contribution in [1.82, 2.24) is 0 Å².